The van der Waals surface area contributed by atoms with E-state index in [1.165, 1.54) is 0 Å². The molecule has 2 aromatic rings. The van der Waals surface area contributed by atoms with Crippen molar-refractivity contribution in [2.75, 3.05) is 44.6 Å². The van der Waals surface area contributed by atoms with Gasteiger partial charge in [0.05, 0.1) is 6.61 Å². The van der Waals surface area contributed by atoms with E-state index < -0.39 is 0 Å². The van der Waals surface area contributed by atoms with Crippen LogP contribution in [0.25, 0.3) is 0 Å². The van der Waals surface area contributed by atoms with Gasteiger partial charge in [0.1, 0.15) is 11.6 Å². The van der Waals surface area contributed by atoms with Gasteiger partial charge in [0.2, 0.25) is 0 Å². The average Bonchev–Trinajstić information content (AvgIpc) is 3.21. The molecule has 2 amide bonds. The number of imidazole rings is 1. The normalized spacial score (nSPS) is 14.8. The van der Waals surface area contributed by atoms with Crippen LogP contribution >= 0.6 is 0 Å². The summed E-state index contributed by atoms with van der Waals surface area (Å²) in [4.78, 5) is 21.2. The van der Waals surface area contributed by atoms with E-state index in [2.05, 4.69) is 33.6 Å². The van der Waals surface area contributed by atoms with Gasteiger partial charge in [0.25, 0.3) is 0 Å². The van der Waals surface area contributed by atoms with Crippen LogP contribution in [0.3, 0.4) is 0 Å². The second-order valence-electron chi connectivity index (χ2n) is 7.38. The van der Waals surface area contributed by atoms with E-state index in [4.69, 9.17) is 4.74 Å². The number of carbonyl (C=O) groups excluding carboxylic acids is 1. The number of unbranched alkanes of at least 4 members (excludes halogenated alkanes) is 1. The van der Waals surface area contributed by atoms with Crippen molar-refractivity contribution in [2.24, 2.45) is 0 Å². The number of nitrogens with one attached hydrogen (secondary N) is 1. The number of benzene rings is 1. The molecule has 0 spiro atoms. The molecule has 7 heteroatoms. The van der Waals surface area contributed by atoms with Gasteiger partial charge in [0, 0.05) is 63.8 Å². The smallest absolute Gasteiger partial charge is 0.321 e. The van der Waals surface area contributed by atoms with Gasteiger partial charge in [-0.05, 0) is 30.7 Å². The maximum atomic E-state index is 12.6. The van der Waals surface area contributed by atoms with Crippen molar-refractivity contribution < 1.29 is 9.53 Å². The highest BCUT2D eigenvalue weighted by atomic mass is 16.5. The predicted molar refractivity (Wildman–Crippen MR) is 115 cm³/mol. The Balaban J connectivity index is 1.39. The SMILES string of the molecule is CCCCOc1ccc(NC(=O)N2CCN(CCn3ccnc3CC)CC2)cc1. The number of piperazine rings is 1. The fourth-order valence-corrected chi connectivity index (χ4v) is 3.45. The third-order valence-electron chi connectivity index (χ3n) is 5.31. The van der Waals surface area contributed by atoms with E-state index in [1.807, 2.05) is 41.6 Å². The molecular weight excluding hydrogens is 366 g/mol. The number of rotatable bonds is 9. The summed E-state index contributed by atoms with van der Waals surface area (Å²) < 4.78 is 7.88. The molecule has 0 saturated carbocycles. The maximum Gasteiger partial charge on any atom is 0.321 e. The molecule has 158 valence electrons. The highest BCUT2D eigenvalue weighted by Gasteiger charge is 2.21. The van der Waals surface area contributed by atoms with Crippen LogP contribution in [0.5, 0.6) is 5.75 Å². The lowest BCUT2D eigenvalue weighted by atomic mass is 10.3. The first kappa shape index (κ1) is 21.2. The summed E-state index contributed by atoms with van der Waals surface area (Å²) in [5.74, 6) is 1.97. The van der Waals surface area contributed by atoms with Gasteiger partial charge in [-0.15, -0.1) is 0 Å². The van der Waals surface area contributed by atoms with Crippen molar-refractivity contribution in [1.29, 1.82) is 0 Å². The first-order chi connectivity index (χ1) is 14.2. The van der Waals surface area contributed by atoms with Crippen LogP contribution in [-0.2, 0) is 13.0 Å². The van der Waals surface area contributed by atoms with Crippen LogP contribution in [0.2, 0.25) is 0 Å². The second-order valence-corrected chi connectivity index (χ2v) is 7.38. The molecule has 29 heavy (non-hydrogen) atoms. The first-order valence-corrected chi connectivity index (χ1v) is 10.7. The van der Waals surface area contributed by atoms with E-state index in [-0.39, 0.29) is 6.03 Å². The summed E-state index contributed by atoms with van der Waals surface area (Å²) in [6, 6.07) is 7.57. The van der Waals surface area contributed by atoms with Gasteiger partial charge < -0.3 is 19.5 Å². The molecular formula is C22H33N5O2. The Labute approximate surface area is 173 Å². The molecule has 1 aromatic heterocycles. The topological polar surface area (TPSA) is 62.6 Å². The van der Waals surface area contributed by atoms with Crippen molar-refractivity contribution in [3.63, 3.8) is 0 Å². The Kier molecular flexibility index (Phi) is 7.93. The zero-order valence-electron chi connectivity index (χ0n) is 17.6. The van der Waals surface area contributed by atoms with Crippen molar-refractivity contribution in [3.05, 3.63) is 42.5 Å². The zero-order chi connectivity index (χ0) is 20.5. The van der Waals surface area contributed by atoms with Crippen LogP contribution in [0.1, 0.15) is 32.5 Å². The van der Waals surface area contributed by atoms with Crippen LogP contribution in [0.15, 0.2) is 36.7 Å². The summed E-state index contributed by atoms with van der Waals surface area (Å²) in [6.07, 6.45) is 7.03. The Hall–Kier alpha value is -2.54. The van der Waals surface area contributed by atoms with Crippen LogP contribution in [0.4, 0.5) is 10.5 Å². The van der Waals surface area contributed by atoms with Gasteiger partial charge in [0.15, 0.2) is 0 Å². The molecule has 0 radical (unpaired) electrons. The fraction of sp³-hybridized carbons (Fsp3) is 0.545. The van der Waals surface area contributed by atoms with E-state index >= 15 is 0 Å². The minimum absolute atomic E-state index is 0.0350. The Morgan fingerprint density at radius 1 is 1.10 bits per heavy atom. The van der Waals surface area contributed by atoms with Gasteiger partial charge in [-0.3, -0.25) is 4.90 Å². The monoisotopic (exact) mass is 399 g/mol. The molecule has 3 rings (SSSR count). The number of aromatic nitrogens is 2. The number of hydrogen-bond acceptors (Lipinski definition) is 4. The third-order valence-corrected chi connectivity index (χ3v) is 5.31. The van der Waals surface area contributed by atoms with Gasteiger partial charge >= 0.3 is 6.03 Å². The van der Waals surface area contributed by atoms with Crippen molar-refractivity contribution in [3.8, 4) is 5.75 Å². The fourth-order valence-electron chi connectivity index (χ4n) is 3.45. The summed E-state index contributed by atoms with van der Waals surface area (Å²) >= 11 is 0. The van der Waals surface area contributed by atoms with Gasteiger partial charge in [-0.25, -0.2) is 9.78 Å². The average molecular weight is 400 g/mol. The zero-order valence-corrected chi connectivity index (χ0v) is 17.6. The van der Waals surface area contributed by atoms with Gasteiger partial charge in [-0.2, -0.15) is 0 Å². The molecule has 0 unspecified atom stereocenters. The molecule has 1 saturated heterocycles. The van der Waals surface area contributed by atoms with E-state index in [0.29, 0.717) is 0 Å². The number of ether oxygens (including phenoxy) is 1. The quantitative estimate of drug-likeness (QED) is 0.656. The number of amides is 2. The lowest BCUT2D eigenvalue weighted by molar-refractivity contribution is 0.144. The van der Waals surface area contributed by atoms with Crippen molar-refractivity contribution in [1.82, 2.24) is 19.4 Å². The number of aryl methyl sites for hydroxylation is 1. The van der Waals surface area contributed by atoms with E-state index in [9.17, 15) is 4.79 Å². The minimum Gasteiger partial charge on any atom is -0.494 e. The highest BCUT2D eigenvalue weighted by Crippen LogP contribution is 2.17. The number of anilines is 1. The Bertz CT molecular complexity index is 751. The Morgan fingerprint density at radius 2 is 1.86 bits per heavy atom. The molecule has 7 nitrogen and oxygen atoms in total. The summed E-state index contributed by atoms with van der Waals surface area (Å²) in [5, 5.41) is 2.99. The molecule has 1 aromatic carbocycles. The molecule has 0 aliphatic carbocycles. The Morgan fingerprint density at radius 3 is 2.55 bits per heavy atom. The predicted octanol–water partition coefficient (Wildman–Crippen LogP) is 3.47. The van der Waals surface area contributed by atoms with Crippen molar-refractivity contribution in [2.45, 2.75) is 39.7 Å². The molecule has 1 aliphatic rings. The van der Waals surface area contributed by atoms with Gasteiger partial charge in [-0.1, -0.05) is 20.3 Å². The van der Waals surface area contributed by atoms with E-state index in [1.54, 1.807) is 0 Å². The van der Waals surface area contributed by atoms with Crippen LogP contribution in [-0.4, -0.2) is 64.7 Å². The number of carbonyl (C=O) groups is 1. The standard InChI is InChI=1S/C22H33N5O2/c1-3-5-18-29-20-8-6-19(7-9-20)24-22(28)27-16-13-25(14-17-27)12-15-26-11-10-23-21(26)4-2/h6-11H,3-5,12-18H2,1-2H3,(H,24,28). The minimum atomic E-state index is -0.0350. The lowest BCUT2D eigenvalue weighted by Gasteiger charge is -2.34. The maximum absolute atomic E-state index is 12.6. The third kappa shape index (κ3) is 6.22. The molecule has 2 heterocycles. The molecule has 1 N–H and O–H groups in total. The summed E-state index contributed by atoms with van der Waals surface area (Å²) in [6.45, 7) is 10.2. The number of urea groups is 1. The van der Waals surface area contributed by atoms with Crippen molar-refractivity contribution >= 4 is 11.7 Å². The highest BCUT2D eigenvalue weighted by molar-refractivity contribution is 5.89. The summed E-state index contributed by atoms with van der Waals surface area (Å²) in [7, 11) is 0. The second kappa shape index (κ2) is 10.9. The molecule has 1 fully saturated rings. The molecule has 1 aliphatic heterocycles. The molecule has 0 bridgehead atoms. The van der Waals surface area contributed by atoms with E-state index in [0.717, 1.165) is 82.4 Å². The lowest BCUT2D eigenvalue weighted by Crippen LogP contribution is -2.50. The molecule has 0 atom stereocenters. The van der Waals surface area contributed by atoms with Crippen LogP contribution < -0.4 is 10.1 Å². The largest absolute Gasteiger partial charge is 0.494 e. The summed E-state index contributed by atoms with van der Waals surface area (Å²) in [5.41, 5.74) is 0.799. The number of hydrogen-bond donors (Lipinski definition) is 1. The number of nitrogens with zero attached hydrogens (tertiary/aromatic N) is 4. The van der Waals surface area contributed by atoms with Crippen LogP contribution in [0, 0.1) is 0 Å². The first-order valence-electron chi connectivity index (χ1n) is 10.7.